The minimum atomic E-state index is 0.00923. The molecule has 0 saturated heterocycles. The Bertz CT molecular complexity index is 525. The molecular formula is C12H13ClN2OS. The number of benzene rings is 1. The van der Waals surface area contributed by atoms with Gasteiger partial charge in [0.15, 0.2) is 0 Å². The van der Waals surface area contributed by atoms with Crippen LogP contribution in [0.15, 0.2) is 24.4 Å². The summed E-state index contributed by atoms with van der Waals surface area (Å²) in [6.45, 7) is 1.94. The monoisotopic (exact) mass is 268 g/mol. The summed E-state index contributed by atoms with van der Waals surface area (Å²) in [5.41, 5.74) is 6.78. The quantitative estimate of drug-likeness (QED) is 0.927. The van der Waals surface area contributed by atoms with Crippen molar-refractivity contribution in [3.63, 3.8) is 0 Å². The maximum Gasteiger partial charge on any atom is 0.137 e. The van der Waals surface area contributed by atoms with Crippen molar-refractivity contribution in [2.75, 3.05) is 7.11 Å². The summed E-state index contributed by atoms with van der Waals surface area (Å²) in [5.74, 6) is 0.666. The number of hydrogen-bond donors (Lipinski definition) is 1. The lowest BCUT2D eigenvalue weighted by atomic mass is 10.2. The Kier molecular flexibility index (Phi) is 3.66. The molecule has 17 heavy (non-hydrogen) atoms. The number of methoxy groups -OCH3 is 1. The predicted octanol–water partition coefficient (Wildman–Crippen LogP) is 3.49. The summed E-state index contributed by atoms with van der Waals surface area (Å²) in [7, 11) is 1.60. The zero-order valence-electron chi connectivity index (χ0n) is 9.61. The number of rotatable bonds is 3. The highest BCUT2D eigenvalue weighted by molar-refractivity contribution is 7.15. The molecule has 0 spiro atoms. The van der Waals surface area contributed by atoms with Crippen molar-refractivity contribution >= 4 is 22.9 Å². The summed E-state index contributed by atoms with van der Waals surface area (Å²) >= 11 is 7.66. The zero-order chi connectivity index (χ0) is 12.4. The van der Waals surface area contributed by atoms with Crippen molar-refractivity contribution in [2.45, 2.75) is 13.0 Å². The van der Waals surface area contributed by atoms with E-state index >= 15 is 0 Å². The molecule has 2 N–H and O–H groups in total. The van der Waals surface area contributed by atoms with Crippen LogP contribution >= 0.6 is 22.9 Å². The van der Waals surface area contributed by atoms with Gasteiger partial charge in [-0.2, -0.15) is 0 Å². The first-order valence-electron chi connectivity index (χ1n) is 5.17. The highest BCUT2D eigenvalue weighted by atomic mass is 35.5. The van der Waals surface area contributed by atoms with E-state index in [-0.39, 0.29) is 6.04 Å². The second-order valence-electron chi connectivity index (χ2n) is 3.71. The van der Waals surface area contributed by atoms with Gasteiger partial charge in [-0.25, -0.2) is 4.98 Å². The Balaban J connectivity index is 2.36. The molecule has 0 fully saturated rings. The highest BCUT2D eigenvalue weighted by Gasteiger charge is 2.09. The van der Waals surface area contributed by atoms with Crippen LogP contribution in [0.3, 0.4) is 0 Å². The summed E-state index contributed by atoms with van der Waals surface area (Å²) in [5, 5.41) is 1.50. The van der Waals surface area contributed by atoms with Gasteiger partial charge in [-0.3, -0.25) is 0 Å². The first-order valence-corrected chi connectivity index (χ1v) is 6.36. The first-order chi connectivity index (χ1) is 8.11. The fourth-order valence-corrected chi connectivity index (χ4v) is 2.55. The molecule has 1 heterocycles. The normalized spacial score (nSPS) is 12.5. The van der Waals surface area contributed by atoms with E-state index in [9.17, 15) is 0 Å². The summed E-state index contributed by atoms with van der Waals surface area (Å²) in [6.07, 6.45) is 1.81. The van der Waals surface area contributed by atoms with Crippen LogP contribution < -0.4 is 10.5 Å². The van der Waals surface area contributed by atoms with Crippen LogP contribution in [0.5, 0.6) is 5.75 Å². The van der Waals surface area contributed by atoms with Gasteiger partial charge >= 0.3 is 0 Å². The molecule has 90 valence electrons. The molecule has 0 aliphatic carbocycles. The van der Waals surface area contributed by atoms with E-state index in [2.05, 4.69) is 4.98 Å². The minimum absolute atomic E-state index is 0.00923. The van der Waals surface area contributed by atoms with Gasteiger partial charge in [0.1, 0.15) is 10.8 Å². The van der Waals surface area contributed by atoms with Crippen molar-refractivity contribution < 1.29 is 4.74 Å². The standard InChI is InChI=1S/C12H13ClN2OS/c1-7(14)11-6-15-12(17-11)8-3-4-10(16-2)9(13)5-8/h3-7H,14H2,1-2H3. The van der Waals surface area contributed by atoms with Crippen molar-refractivity contribution in [3.8, 4) is 16.3 Å². The third-order valence-electron chi connectivity index (χ3n) is 2.37. The second-order valence-corrected chi connectivity index (χ2v) is 5.18. The molecule has 0 saturated carbocycles. The van der Waals surface area contributed by atoms with Crippen molar-refractivity contribution in [1.29, 1.82) is 0 Å². The van der Waals surface area contributed by atoms with Gasteiger partial charge in [-0.1, -0.05) is 11.6 Å². The Labute approximate surface area is 109 Å². The average molecular weight is 269 g/mol. The van der Waals surface area contributed by atoms with E-state index in [0.29, 0.717) is 10.8 Å². The summed E-state index contributed by atoms with van der Waals surface area (Å²) in [6, 6.07) is 5.64. The first kappa shape index (κ1) is 12.4. The lowest BCUT2D eigenvalue weighted by molar-refractivity contribution is 0.415. The molecular weight excluding hydrogens is 256 g/mol. The van der Waals surface area contributed by atoms with Gasteiger partial charge in [0, 0.05) is 22.7 Å². The number of ether oxygens (including phenoxy) is 1. The third-order valence-corrected chi connectivity index (χ3v) is 3.91. The maximum atomic E-state index is 6.08. The number of halogens is 1. The van der Waals surface area contributed by atoms with E-state index < -0.39 is 0 Å². The van der Waals surface area contributed by atoms with Gasteiger partial charge in [0.05, 0.1) is 12.1 Å². The lowest BCUT2D eigenvalue weighted by Crippen LogP contribution is -2.01. The Morgan fingerprint density at radius 2 is 2.24 bits per heavy atom. The van der Waals surface area contributed by atoms with Gasteiger partial charge < -0.3 is 10.5 Å². The third kappa shape index (κ3) is 2.60. The van der Waals surface area contributed by atoms with E-state index in [0.717, 1.165) is 15.4 Å². The number of nitrogens with zero attached hydrogens (tertiary/aromatic N) is 1. The maximum absolute atomic E-state index is 6.08. The molecule has 3 nitrogen and oxygen atoms in total. The molecule has 0 aliphatic rings. The van der Waals surface area contributed by atoms with Crippen LogP contribution in [0.4, 0.5) is 0 Å². The van der Waals surface area contributed by atoms with Gasteiger partial charge in [-0.05, 0) is 25.1 Å². The fraction of sp³-hybridized carbons (Fsp3) is 0.250. The van der Waals surface area contributed by atoms with Gasteiger partial charge in [0.25, 0.3) is 0 Å². The van der Waals surface area contributed by atoms with Crippen molar-refractivity contribution in [1.82, 2.24) is 4.98 Å². The smallest absolute Gasteiger partial charge is 0.137 e. The average Bonchev–Trinajstić information content (AvgIpc) is 2.78. The van der Waals surface area contributed by atoms with Gasteiger partial charge in [-0.15, -0.1) is 11.3 Å². The molecule has 2 aromatic rings. The second kappa shape index (κ2) is 5.04. The highest BCUT2D eigenvalue weighted by Crippen LogP contribution is 2.33. The lowest BCUT2D eigenvalue weighted by Gasteiger charge is -2.04. The predicted molar refractivity (Wildman–Crippen MR) is 71.7 cm³/mol. The van der Waals surface area contributed by atoms with E-state index in [1.54, 1.807) is 18.4 Å². The van der Waals surface area contributed by atoms with E-state index in [4.69, 9.17) is 22.1 Å². The van der Waals surface area contributed by atoms with Crippen LogP contribution in [0.1, 0.15) is 17.8 Å². The Morgan fingerprint density at radius 3 is 2.76 bits per heavy atom. The van der Waals surface area contributed by atoms with Crippen LogP contribution in [-0.4, -0.2) is 12.1 Å². The number of hydrogen-bond acceptors (Lipinski definition) is 4. The SMILES string of the molecule is COc1ccc(-c2ncc(C(C)N)s2)cc1Cl. The molecule has 0 bridgehead atoms. The summed E-state index contributed by atoms with van der Waals surface area (Å²) in [4.78, 5) is 5.41. The minimum Gasteiger partial charge on any atom is -0.495 e. The van der Waals surface area contributed by atoms with Crippen LogP contribution in [0, 0.1) is 0 Å². The van der Waals surface area contributed by atoms with Gasteiger partial charge in [0.2, 0.25) is 0 Å². The van der Waals surface area contributed by atoms with Crippen molar-refractivity contribution in [3.05, 3.63) is 34.3 Å². The van der Waals surface area contributed by atoms with E-state index in [1.807, 2.05) is 31.3 Å². The number of nitrogens with two attached hydrogens (primary N) is 1. The molecule has 5 heteroatoms. The topological polar surface area (TPSA) is 48.1 Å². The molecule has 1 aromatic heterocycles. The zero-order valence-corrected chi connectivity index (χ0v) is 11.2. The molecule has 1 atom stereocenters. The van der Waals surface area contributed by atoms with Crippen molar-refractivity contribution in [2.24, 2.45) is 5.73 Å². The summed E-state index contributed by atoms with van der Waals surface area (Å²) < 4.78 is 5.11. The van der Waals surface area contributed by atoms with Crippen LogP contribution in [0.25, 0.3) is 10.6 Å². The fourth-order valence-electron chi connectivity index (χ4n) is 1.43. The van der Waals surface area contributed by atoms with Crippen LogP contribution in [0.2, 0.25) is 5.02 Å². The number of aromatic nitrogens is 1. The molecule has 2 rings (SSSR count). The molecule has 0 aliphatic heterocycles. The Morgan fingerprint density at radius 1 is 1.47 bits per heavy atom. The van der Waals surface area contributed by atoms with E-state index in [1.165, 1.54) is 0 Å². The molecule has 1 aromatic carbocycles. The number of thiazole rings is 1. The largest absolute Gasteiger partial charge is 0.495 e. The Hall–Kier alpha value is -1.10. The molecule has 0 amide bonds. The molecule has 1 unspecified atom stereocenters. The van der Waals surface area contributed by atoms with Crippen LogP contribution in [-0.2, 0) is 0 Å². The molecule has 0 radical (unpaired) electrons.